The molecular weight excluding hydrogens is 386 g/mol. The smallest absolute Gasteiger partial charge is 0.277 e. The number of benzene rings is 1. The molecular formula is C14H8ClN5O3S2. The number of nitrogens with zero attached hydrogens (tertiary/aromatic N) is 4. The molecule has 3 aromatic heterocycles. The van der Waals surface area contributed by atoms with Crippen molar-refractivity contribution in [3.05, 3.63) is 40.3 Å². The summed E-state index contributed by atoms with van der Waals surface area (Å²) in [4.78, 5) is 12.6. The number of hydrogen-bond donors (Lipinski definition) is 1. The second-order valence-corrected chi connectivity index (χ2v) is 7.94. The number of fused-ring (bicyclic) bond motifs is 1. The van der Waals surface area contributed by atoms with Gasteiger partial charge in [-0.1, -0.05) is 28.9 Å². The maximum Gasteiger partial charge on any atom is 0.277 e. The Morgan fingerprint density at radius 3 is 2.68 bits per heavy atom. The molecule has 25 heavy (non-hydrogen) atoms. The third-order valence-corrected chi connectivity index (χ3v) is 5.46. The maximum atomic E-state index is 11.8. The van der Waals surface area contributed by atoms with Crippen molar-refractivity contribution in [2.24, 2.45) is 5.14 Å². The Balaban J connectivity index is 1.91. The van der Waals surface area contributed by atoms with E-state index in [1.165, 1.54) is 23.6 Å². The zero-order valence-electron chi connectivity index (χ0n) is 12.2. The van der Waals surface area contributed by atoms with Gasteiger partial charge in [-0.25, -0.2) is 18.5 Å². The fraction of sp³-hybridized carbons (Fsp3) is 0. The van der Waals surface area contributed by atoms with Crippen molar-refractivity contribution < 1.29 is 12.9 Å². The quantitative estimate of drug-likeness (QED) is 0.567. The summed E-state index contributed by atoms with van der Waals surface area (Å²) < 4.78 is 29.3. The molecule has 0 aliphatic carbocycles. The van der Waals surface area contributed by atoms with E-state index in [1.54, 1.807) is 23.7 Å². The number of hydrogen-bond acceptors (Lipinski definition) is 8. The van der Waals surface area contributed by atoms with Gasteiger partial charge >= 0.3 is 0 Å². The molecule has 0 amide bonds. The summed E-state index contributed by atoms with van der Waals surface area (Å²) in [6, 6.07) is 6.26. The second kappa shape index (κ2) is 5.85. The van der Waals surface area contributed by atoms with Crippen molar-refractivity contribution in [2.45, 2.75) is 4.90 Å². The molecule has 3 heterocycles. The molecule has 0 unspecified atom stereocenters. The van der Waals surface area contributed by atoms with Gasteiger partial charge in [0.1, 0.15) is 15.7 Å². The number of aromatic nitrogens is 4. The van der Waals surface area contributed by atoms with Gasteiger partial charge in [-0.3, -0.25) is 4.98 Å². The molecule has 0 radical (unpaired) electrons. The fourth-order valence-electron chi connectivity index (χ4n) is 2.39. The lowest BCUT2D eigenvalue weighted by atomic mass is 10.1. The van der Waals surface area contributed by atoms with Crippen LogP contribution in [0.15, 0.2) is 45.4 Å². The van der Waals surface area contributed by atoms with Crippen molar-refractivity contribution in [1.82, 2.24) is 20.1 Å². The molecule has 8 nitrogen and oxygen atoms in total. The number of primary sulfonamides is 1. The maximum absolute atomic E-state index is 11.8. The topological polar surface area (TPSA) is 125 Å². The molecule has 0 fully saturated rings. The summed E-state index contributed by atoms with van der Waals surface area (Å²) in [7, 11) is -3.88. The van der Waals surface area contributed by atoms with E-state index in [2.05, 4.69) is 20.1 Å². The molecule has 0 spiro atoms. The average Bonchev–Trinajstić information content (AvgIpc) is 3.21. The molecule has 11 heteroatoms. The molecule has 0 aliphatic heterocycles. The van der Waals surface area contributed by atoms with E-state index in [9.17, 15) is 8.42 Å². The van der Waals surface area contributed by atoms with Crippen LogP contribution >= 0.6 is 22.9 Å². The minimum Gasteiger partial charge on any atom is -0.332 e. The molecule has 2 N–H and O–H groups in total. The van der Waals surface area contributed by atoms with E-state index in [1.807, 2.05) is 0 Å². The molecule has 0 aliphatic rings. The number of thiazole rings is 1. The summed E-state index contributed by atoms with van der Waals surface area (Å²) >= 11 is 7.28. The Kier molecular flexibility index (Phi) is 3.76. The Bertz CT molecular complexity index is 1200. The van der Waals surface area contributed by atoms with Gasteiger partial charge < -0.3 is 4.52 Å². The van der Waals surface area contributed by atoms with Crippen LogP contribution in [0.25, 0.3) is 33.9 Å². The average molecular weight is 394 g/mol. The van der Waals surface area contributed by atoms with Crippen LogP contribution in [-0.2, 0) is 10.0 Å². The van der Waals surface area contributed by atoms with E-state index < -0.39 is 10.0 Å². The first-order valence-corrected chi connectivity index (χ1v) is 9.59. The zero-order valence-corrected chi connectivity index (χ0v) is 14.6. The molecule has 1 aromatic carbocycles. The number of sulfonamides is 1. The lowest BCUT2D eigenvalue weighted by molar-refractivity contribution is 0.431. The summed E-state index contributed by atoms with van der Waals surface area (Å²) in [6.45, 7) is 0. The number of halogens is 1. The molecule has 0 atom stereocenters. The summed E-state index contributed by atoms with van der Waals surface area (Å²) in [6.07, 6.45) is 1.45. The van der Waals surface area contributed by atoms with Crippen LogP contribution in [0.3, 0.4) is 0 Å². The molecule has 126 valence electrons. The minimum absolute atomic E-state index is 0.00376. The molecule has 4 aromatic rings. The molecule has 0 saturated carbocycles. The fourth-order valence-corrected chi connectivity index (χ4v) is 3.90. The van der Waals surface area contributed by atoms with E-state index in [4.69, 9.17) is 21.3 Å². The van der Waals surface area contributed by atoms with Gasteiger partial charge in [0.05, 0.1) is 10.4 Å². The lowest BCUT2D eigenvalue weighted by Crippen LogP contribution is -2.12. The Morgan fingerprint density at radius 1 is 1.12 bits per heavy atom. The van der Waals surface area contributed by atoms with Crippen molar-refractivity contribution in [3.63, 3.8) is 0 Å². The normalized spacial score (nSPS) is 11.9. The number of pyridine rings is 1. The monoisotopic (exact) mass is 393 g/mol. The van der Waals surface area contributed by atoms with Crippen molar-refractivity contribution in [3.8, 4) is 23.1 Å². The highest BCUT2D eigenvalue weighted by Gasteiger charge is 2.20. The highest BCUT2D eigenvalue weighted by atomic mass is 35.5. The van der Waals surface area contributed by atoms with Gasteiger partial charge in [0.15, 0.2) is 0 Å². The highest BCUT2D eigenvalue weighted by molar-refractivity contribution is 7.89. The van der Waals surface area contributed by atoms with Crippen molar-refractivity contribution >= 4 is 43.7 Å². The van der Waals surface area contributed by atoms with E-state index in [0.717, 1.165) is 0 Å². The van der Waals surface area contributed by atoms with Gasteiger partial charge in [0.25, 0.3) is 5.89 Å². The first-order chi connectivity index (χ1) is 11.9. The predicted molar refractivity (Wildman–Crippen MR) is 92.5 cm³/mol. The van der Waals surface area contributed by atoms with Crippen LogP contribution in [0.4, 0.5) is 0 Å². The van der Waals surface area contributed by atoms with Crippen LogP contribution in [0.5, 0.6) is 0 Å². The lowest BCUT2D eigenvalue weighted by Gasteiger charge is -2.06. The van der Waals surface area contributed by atoms with E-state index in [-0.39, 0.29) is 16.6 Å². The third kappa shape index (κ3) is 2.78. The first kappa shape index (κ1) is 16.1. The molecule has 0 saturated heterocycles. The summed E-state index contributed by atoms with van der Waals surface area (Å²) in [5.41, 5.74) is 2.32. The summed E-state index contributed by atoms with van der Waals surface area (Å²) in [5.74, 6) is 0.346. The highest BCUT2D eigenvalue weighted by Crippen LogP contribution is 2.32. The van der Waals surface area contributed by atoms with Gasteiger partial charge in [0.2, 0.25) is 15.8 Å². The number of nitrogens with two attached hydrogens (primary N) is 1. The van der Waals surface area contributed by atoms with Gasteiger partial charge in [-0.15, -0.1) is 11.3 Å². The number of rotatable bonds is 3. The molecule has 0 bridgehead atoms. The van der Waals surface area contributed by atoms with Crippen LogP contribution in [0.1, 0.15) is 0 Å². The van der Waals surface area contributed by atoms with Gasteiger partial charge in [-0.05, 0) is 12.1 Å². The SMILES string of the molecule is NS(=O)(=O)c1cccc2c(-c3nc(-c4ncsc4Cl)no3)nccc12. The van der Waals surface area contributed by atoms with Crippen LogP contribution in [-0.4, -0.2) is 28.5 Å². The van der Waals surface area contributed by atoms with Gasteiger partial charge in [-0.2, -0.15) is 4.98 Å². The van der Waals surface area contributed by atoms with Crippen LogP contribution in [0, 0.1) is 0 Å². The van der Waals surface area contributed by atoms with Gasteiger partial charge in [0, 0.05) is 17.0 Å². The van der Waals surface area contributed by atoms with E-state index >= 15 is 0 Å². The van der Waals surface area contributed by atoms with Crippen molar-refractivity contribution in [2.75, 3.05) is 0 Å². The first-order valence-electron chi connectivity index (χ1n) is 6.79. The van der Waals surface area contributed by atoms with Crippen LogP contribution in [0.2, 0.25) is 4.34 Å². The Morgan fingerprint density at radius 2 is 1.96 bits per heavy atom. The zero-order chi connectivity index (χ0) is 17.6. The Labute approximate surface area is 150 Å². The predicted octanol–water partition coefficient (Wildman–Crippen LogP) is 2.71. The van der Waals surface area contributed by atoms with E-state index in [0.29, 0.717) is 26.5 Å². The third-order valence-electron chi connectivity index (χ3n) is 3.44. The van der Waals surface area contributed by atoms with Crippen LogP contribution < -0.4 is 5.14 Å². The summed E-state index contributed by atoms with van der Waals surface area (Å²) in [5, 5.41) is 10.1. The molecule has 4 rings (SSSR count). The van der Waals surface area contributed by atoms with Crippen molar-refractivity contribution in [1.29, 1.82) is 0 Å². The second-order valence-electron chi connectivity index (χ2n) is 4.95. The largest absolute Gasteiger partial charge is 0.332 e. The minimum atomic E-state index is -3.88. The Hall–Kier alpha value is -2.40. The standard InChI is InChI=1S/C14H8ClN5O3S2/c15-12-11(18-6-24-12)13-19-14(23-20-13)10-8-2-1-3-9(25(16,21)22)7(8)4-5-17-10/h1-6H,(H2,16,21,22).